The van der Waals surface area contributed by atoms with Crippen molar-refractivity contribution in [2.75, 3.05) is 12.4 Å². The molecule has 5 heteroatoms. The molecule has 1 N–H and O–H groups in total. The predicted octanol–water partition coefficient (Wildman–Crippen LogP) is 3.15. The SMILES string of the molecule is COc1ccc(NC(=O)OCc2ccccc2)c(C)n1. The molecular formula is C15H16N2O3. The number of benzene rings is 1. The summed E-state index contributed by atoms with van der Waals surface area (Å²) in [5.74, 6) is 0.505. The summed E-state index contributed by atoms with van der Waals surface area (Å²) >= 11 is 0. The first-order chi connectivity index (χ1) is 9.69. The van der Waals surface area contributed by atoms with E-state index in [9.17, 15) is 4.79 Å². The van der Waals surface area contributed by atoms with Gasteiger partial charge in [0.15, 0.2) is 0 Å². The van der Waals surface area contributed by atoms with Crippen molar-refractivity contribution in [2.45, 2.75) is 13.5 Å². The van der Waals surface area contributed by atoms with E-state index in [0.29, 0.717) is 17.3 Å². The zero-order chi connectivity index (χ0) is 14.4. The second kappa shape index (κ2) is 6.56. The molecule has 0 bridgehead atoms. The summed E-state index contributed by atoms with van der Waals surface area (Å²) in [6.45, 7) is 2.02. The lowest BCUT2D eigenvalue weighted by Crippen LogP contribution is -2.14. The largest absolute Gasteiger partial charge is 0.481 e. The molecule has 0 atom stereocenters. The van der Waals surface area contributed by atoms with Crippen LogP contribution in [0.15, 0.2) is 42.5 Å². The highest BCUT2D eigenvalue weighted by atomic mass is 16.5. The van der Waals surface area contributed by atoms with Crippen molar-refractivity contribution < 1.29 is 14.3 Å². The third-order valence-corrected chi connectivity index (χ3v) is 2.72. The molecule has 5 nitrogen and oxygen atoms in total. The van der Waals surface area contributed by atoms with Gasteiger partial charge in [0, 0.05) is 6.07 Å². The number of pyridine rings is 1. The number of methoxy groups -OCH3 is 1. The average molecular weight is 272 g/mol. The molecule has 0 fully saturated rings. The number of hydrogen-bond acceptors (Lipinski definition) is 4. The van der Waals surface area contributed by atoms with E-state index in [1.807, 2.05) is 30.3 Å². The highest BCUT2D eigenvalue weighted by molar-refractivity contribution is 5.85. The Kier molecular flexibility index (Phi) is 4.55. The van der Waals surface area contributed by atoms with Crippen LogP contribution in [0.25, 0.3) is 0 Å². The number of rotatable bonds is 4. The van der Waals surface area contributed by atoms with Gasteiger partial charge in [-0.1, -0.05) is 30.3 Å². The van der Waals surface area contributed by atoms with Crippen LogP contribution in [-0.4, -0.2) is 18.2 Å². The Bertz CT molecular complexity index is 585. The van der Waals surface area contributed by atoms with Gasteiger partial charge in [-0.25, -0.2) is 9.78 Å². The summed E-state index contributed by atoms with van der Waals surface area (Å²) < 4.78 is 10.1. The lowest BCUT2D eigenvalue weighted by molar-refractivity contribution is 0.155. The summed E-state index contributed by atoms with van der Waals surface area (Å²) in [7, 11) is 1.54. The van der Waals surface area contributed by atoms with E-state index in [4.69, 9.17) is 9.47 Å². The van der Waals surface area contributed by atoms with E-state index >= 15 is 0 Å². The van der Waals surface area contributed by atoms with Crippen LogP contribution in [0.1, 0.15) is 11.3 Å². The number of amides is 1. The lowest BCUT2D eigenvalue weighted by Gasteiger charge is -2.09. The summed E-state index contributed by atoms with van der Waals surface area (Å²) in [5.41, 5.74) is 2.21. The average Bonchev–Trinajstić information content (AvgIpc) is 2.48. The number of nitrogens with zero attached hydrogens (tertiary/aromatic N) is 1. The highest BCUT2D eigenvalue weighted by Gasteiger charge is 2.07. The molecule has 0 aliphatic heterocycles. The van der Waals surface area contributed by atoms with E-state index < -0.39 is 6.09 Å². The number of carbonyl (C=O) groups excluding carboxylic acids is 1. The molecule has 0 radical (unpaired) electrons. The summed E-state index contributed by atoms with van der Waals surface area (Å²) in [6.07, 6.45) is -0.510. The maximum absolute atomic E-state index is 11.7. The zero-order valence-electron chi connectivity index (χ0n) is 11.4. The minimum Gasteiger partial charge on any atom is -0.481 e. The first-order valence-corrected chi connectivity index (χ1v) is 6.18. The highest BCUT2D eigenvalue weighted by Crippen LogP contribution is 2.17. The standard InChI is InChI=1S/C15H16N2O3/c1-11-13(8-9-14(16-11)19-2)17-15(18)20-10-12-6-4-3-5-7-12/h3-9H,10H2,1-2H3,(H,17,18). The first kappa shape index (κ1) is 13.9. The molecule has 0 unspecified atom stereocenters. The minimum atomic E-state index is -0.510. The van der Waals surface area contributed by atoms with Crippen molar-refractivity contribution in [3.63, 3.8) is 0 Å². The summed E-state index contributed by atoms with van der Waals surface area (Å²) in [5, 5.41) is 2.65. The van der Waals surface area contributed by atoms with E-state index in [1.165, 1.54) is 0 Å². The fourth-order valence-electron chi connectivity index (χ4n) is 1.65. The monoisotopic (exact) mass is 272 g/mol. The quantitative estimate of drug-likeness (QED) is 0.928. The van der Waals surface area contributed by atoms with E-state index in [1.54, 1.807) is 26.2 Å². The molecule has 104 valence electrons. The van der Waals surface area contributed by atoms with Crippen LogP contribution in [0.3, 0.4) is 0 Å². The topological polar surface area (TPSA) is 60.5 Å². The molecule has 20 heavy (non-hydrogen) atoms. The fourth-order valence-corrected chi connectivity index (χ4v) is 1.65. The van der Waals surface area contributed by atoms with Crippen LogP contribution < -0.4 is 10.1 Å². The van der Waals surface area contributed by atoms with Crippen molar-refractivity contribution in [2.24, 2.45) is 0 Å². The van der Waals surface area contributed by atoms with Crippen molar-refractivity contribution in [3.05, 3.63) is 53.7 Å². The Morgan fingerprint density at radius 1 is 1.20 bits per heavy atom. The van der Waals surface area contributed by atoms with Gasteiger partial charge in [-0.05, 0) is 18.6 Å². The molecule has 2 rings (SSSR count). The number of ether oxygens (including phenoxy) is 2. The molecule has 0 spiro atoms. The fraction of sp³-hybridized carbons (Fsp3) is 0.200. The second-order valence-corrected chi connectivity index (χ2v) is 4.17. The maximum atomic E-state index is 11.7. The van der Waals surface area contributed by atoms with Gasteiger partial charge < -0.3 is 9.47 Å². The number of aryl methyl sites for hydroxylation is 1. The van der Waals surface area contributed by atoms with E-state index in [2.05, 4.69) is 10.3 Å². The number of hydrogen-bond donors (Lipinski definition) is 1. The van der Waals surface area contributed by atoms with Crippen LogP contribution in [0.4, 0.5) is 10.5 Å². The van der Waals surface area contributed by atoms with Crippen LogP contribution in [-0.2, 0) is 11.3 Å². The zero-order valence-corrected chi connectivity index (χ0v) is 11.4. The van der Waals surface area contributed by atoms with Gasteiger partial charge in [0.1, 0.15) is 6.61 Å². The van der Waals surface area contributed by atoms with Crippen LogP contribution in [0.5, 0.6) is 5.88 Å². The normalized spacial score (nSPS) is 9.90. The molecule has 1 aromatic heterocycles. The Labute approximate surface area is 117 Å². The summed E-state index contributed by atoms with van der Waals surface area (Å²) in [6, 6.07) is 12.9. The predicted molar refractivity (Wildman–Crippen MR) is 75.8 cm³/mol. The van der Waals surface area contributed by atoms with Gasteiger partial charge in [0.2, 0.25) is 5.88 Å². The van der Waals surface area contributed by atoms with Gasteiger partial charge >= 0.3 is 6.09 Å². The second-order valence-electron chi connectivity index (χ2n) is 4.17. The first-order valence-electron chi connectivity index (χ1n) is 6.18. The van der Waals surface area contributed by atoms with Crippen molar-refractivity contribution in [1.29, 1.82) is 0 Å². The Morgan fingerprint density at radius 3 is 2.60 bits per heavy atom. The molecule has 0 aliphatic rings. The number of aromatic nitrogens is 1. The minimum absolute atomic E-state index is 0.231. The Hall–Kier alpha value is -2.56. The van der Waals surface area contributed by atoms with Gasteiger partial charge in [-0.3, -0.25) is 5.32 Å². The summed E-state index contributed by atoms with van der Waals surface area (Å²) in [4.78, 5) is 15.9. The number of carbonyl (C=O) groups is 1. The van der Waals surface area contributed by atoms with Crippen molar-refractivity contribution >= 4 is 11.8 Å². The molecular weight excluding hydrogens is 256 g/mol. The smallest absolute Gasteiger partial charge is 0.412 e. The molecule has 2 aromatic rings. The van der Waals surface area contributed by atoms with Crippen LogP contribution in [0, 0.1) is 6.92 Å². The third kappa shape index (κ3) is 3.71. The van der Waals surface area contributed by atoms with Crippen molar-refractivity contribution in [1.82, 2.24) is 4.98 Å². The van der Waals surface area contributed by atoms with Gasteiger partial charge in [-0.2, -0.15) is 0 Å². The maximum Gasteiger partial charge on any atom is 0.412 e. The lowest BCUT2D eigenvalue weighted by atomic mass is 10.2. The molecule has 0 saturated heterocycles. The van der Waals surface area contributed by atoms with Crippen LogP contribution >= 0.6 is 0 Å². The number of nitrogens with one attached hydrogen (secondary N) is 1. The molecule has 1 amide bonds. The molecule has 1 heterocycles. The van der Waals surface area contributed by atoms with Crippen LogP contribution in [0.2, 0.25) is 0 Å². The third-order valence-electron chi connectivity index (χ3n) is 2.72. The Balaban J connectivity index is 1.91. The van der Waals surface area contributed by atoms with Gasteiger partial charge in [0.05, 0.1) is 18.5 Å². The molecule has 1 aromatic carbocycles. The molecule has 0 saturated carbocycles. The number of anilines is 1. The van der Waals surface area contributed by atoms with Gasteiger partial charge in [-0.15, -0.1) is 0 Å². The Morgan fingerprint density at radius 2 is 1.95 bits per heavy atom. The van der Waals surface area contributed by atoms with E-state index in [0.717, 1.165) is 5.56 Å². The van der Waals surface area contributed by atoms with E-state index in [-0.39, 0.29) is 6.61 Å². The van der Waals surface area contributed by atoms with Gasteiger partial charge in [0.25, 0.3) is 0 Å². The van der Waals surface area contributed by atoms with Crippen molar-refractivity contribution in [3.8, 4) is 5.88 Å². The molecule has 0 aliphatic carbocycles.